The van der Waals surface area contributed by atoms with Gasteiger partial charge in [0.1, 0.15) is 22.1 Å². The minimum atomic E-state index is -0.267. The zero-order chi connectivity index (χ0) is 22.6. The molecule has 0 unspecified atom stereocenters. The highest BCUT2D eigenvalue weighted by atomic mass is 32.1. The smallest absolute Gasteiger partial charge is 0.275 e. The molecule has 0 bridgehead atoms. The third kappa shape index (κ3) is 4.57. The quantitative estimate of drug-likeness (QED) is 0.455. The van der Waals surface area contributed by atoms with Gasteiger partial charge in [-0.05, 0) is 36.4 Å². The minimum Gasteiger partial charge on any atom is -0.497 e. The van der Waals surface area contributed by atoms with Gasteiger partial charge in [0.05, 0.1) is 30.4 Å². The Kier molecular flexibility index (Phi) is 6.01. The molecule has 4 heterocycles. The van der Waals surface area contributed by atoms with Crippen LogP contribution >= 0.6 is 11.3 Å². The van der Waals surface area contributed by atoms with Crippen molar-refractivity contribution < 1.29 is 9.53 Å². The normalized spacial score (nSPS) is 13.7. The van der Waals surface area contributed by atoms with E-state index in [0.29, 0.717) is 22.1 Å². The number of carbonyl (C=O) groups is 1. The van der Waals surface area contributed by atoms with Crippen LogP contribution in [0.2, 0.25) is 0 Å². The van der Waals surface area contributed by atoms with Crippen molar-refractivity contribution in [2.24, 2.45) is 0 Å². The molecular formula is C23H23N7O2S. The van der Waals surface area contributed by atoms with Crippen molar-refractivity contribution >= 4 is 28.6 Å². The van der Waals surface area contributed by atoms with Crippen molar-refractivity contribution in [3.8, 4) is 22.1 Å². The average molecular weight is 462 g/mol. The van der Waals surface area contributed by atoms with Crippen LogP contribution in [0.4, 0.5) is 11.4 Å². The molecule has 0 spiro atoms. The number of aromatic nitrogens is 4. The molecule has 33 heavy (non-hydrogen) atoms. The maximum absolute atomic E-state index is 12.9. The van der Waals surface area contributed by atoms with Crippen molar-refractivity contribution in [2.45, 2.75) is 0 Å². The van der Waals surface area contributed by atoms with Crippen LogP contribution in [-0.2, 0) is 0 Å². The predicted molar refractivity (Wildman–Crippen MR) is 128 cm³/mol. The number of hydrogen-bond donors (Lipinski definition) is 2. The van der Waals surface area contributed by atoms with Gasteiger partial charge in [0.25, 0.3) is 5.91 Å². The van der Waals surface area contributed by atoms with E-state index in [0.717, 1.165) is 43.3 Å². The summed E-state index contributed by atoms with van der Waals surface area (Å²) < 4.78 is 6.97. The van der Waals surface area contributed by atoms with E-state index in [2.05, 4.69) is 30.6 Å². The lowest BCUT2D eigenvalue weighted by Crippen LogP contribution is -2.43. The molecule has 0 radical (unpaired) electrons. The van der Waals surface area contributed by atoms with Crippen molar-refractivity contribution in [3.05, 3.63) is 66.1 Å². The second-order valence-electron chi connectivity index (χ2n) is 7.47. The Hall–Kier alpha value is -3.76. The fourth-order valence-electron chi connectivity index (χ4n) is 3.66. The molecule has 2 N–H and O–H groups in total. The van der Waals surface area contributed by atoms with Gasteiger partial charge in [-0.15, -0.1) is 11.3 Å². The molecule has 1 fully saturated rings. The first-order valence-electron chi connectivity index (χ1n) is 10.6. The third-order valence-corrected chi connectivity index (χ3v) is 6.25. The van der Waals surface area contributed by atoms with Crippen LogP contribution in [0, 0.1) is 0 Å². The van der Waals surface area contributed by atoms with Crippen LogP contribution in [-0.4, -0.2) is 58.9 Å². The van der Waals surface area contributed by atoms with E-state index in [9.17, 15) is 4.79 Å². The molecule has 1 aromatic carbocycles. The fourth-order valence-corrected chi connectivity index (χ4v) is 4.43. The summed E-state index contributed by atoms with van der Waals surface area (Å²) in [6.07, 6.45) is 5.29. The lowest BCUT2D eigenvalue weighted by atomic mass is 10.2. The van der Waals surface area contributed by atoms with Gasteiger partial charge in [0, 0.05) is 44.0 Å². The number of carbonyl (C=O) groups excluding carboxylic acids is 1. The van der Waals surface area contributed by atoms with Crippen LogP contribution in [0.3, 0.4) is 0 Å². The van der Waals surface area contributed by atoms with Crippen LogP contribution < -0.4 is 20.3 Å². The van der Waals surface area contributed by atoms with E-state index in [1.807, 2.05) is 42.6 Å². The largest absolute Gasteiger partial charge is 0.497 e. The van der Waals surface area contributed by atoms with Crippen molar-refractivity contribution in [1.29, 1.82) is 0 Å². The SMILES string of the molecule is COc1ccc(-n2ccc(-c3nc(C(=O)Nc4cnccc4N4CCNCC4)cs3)n2)cc1. The number of anilines is 2. The summed E-state index contributed by atoms with van der Waals surface area (Å²) >= 11 is 1.39. The van der Waals surface area contributed by atoms with Gasteiger partial charge in [0.15, 0.2) is 0 Å². The molecule has 10 heteroatoms. The molecule has 3 aromatic heterocycles. The van der Waals surface area contributed by atoms with Gasteiger partial charge < -0.3 is 20.3 Å². The van der Waals surface area contributed by atoms with E-state index < -0.39 is 0 Å². The number of hydrogen-bond acceptors (Lipinski definition) is 8. The van der Waals surface area contributed by atoms with Crippen molar-refractivity contribution in [1.82, 2.24) is 25.1 Å². The lowest BCUT2D eigenvalue weighted by Gasteiger charge is -2.30. The number of ether oxygens (including phenoxy) is 1. The first-order chi connectivity index (χ1) is 16.2. The predicted octanol–water partition coefficient (Wildman–Crippen LogP) is 3.06. The molecule has 4 aromatic rings. The Labute approximate surface area is 195 Å². The number of piperazine rings is 1. The Balaban J connectivity index is 1.31. The van der Waals surface area contributed by atoms with E-state index in [4.69, 9.17) is 4.74 Å². The molecule has 0 atom stereocenters. The van der Waals surface area contributed by atoms with Crippen LogP contribution in [0.1, 0.15) is 10.5 Å². The van der Waals surface area contributed by atoms with Gasteiger partial charge in [-0.25, -0.2) is 9.67 Å². The fraction of sp³-hybridized carbons (Fsp3) is 0.217. The number of nitrogens with one attached hydrogen (secondary N) is 2. The topological polar surface area (TPSA) is 97.2 Å². The Morgan fingerprint density at radius 2 is 1.97 bits per heavy atom. The first-order valence-corrected chi connectivity index (χ1v) is 11.5. The molecule has 9 nitrogen and oxygen atoms in total. The molecule has 5 rings (SSSR count). The maximum Gasteiger partial charge on any atom is 0.275 e. The van der Waals surface area contributed by atoms with Crippen LogP contribution in [0.15, 0.2) is 60.4 Å². The number of methoxy groups -OCH3 is 1. The van der Waals surface area contributed by atoms with E-state index in [-0.39, 0.29) is 5.91 Å². The summed E-state index contributed by atoms with van der Waals surface area (Å²) in [6.45, 7) is 3.58. The maximum atomic E-state index is 12.9. The van der Waals surface area contributed by atoms with Gasteiger partial charge in [0.2, 0.25) is 0 Å². The highest BCUT2D eigenvalue weighted by molar-refractivity contribution is 7.13. The zero-order valence-electron chi connectivity index (χ0n) is 18.1. The standard InChI is InChI=1S/C23H23N7O2S/c1-32-17-4-2-16(3-5-17)30-11-7-18(28-30)23-27-20(15-33-23)22(31)26-19-14-25-8-6-21(19)29-12-9-24-10-13-29/h2-8,11,14-15,24H,9-10,12-13H2,1H3,(H,26,31). The molecule has 0 aliphatic carbocycles. The Bertz CT molecular complexity index is 1250. The second kappa shape index (κ2) is 9.39. The number of rotatable bonds is 6. The Morgan fingerprint density at radius 1 is 1.15 bits per heavy atom. The van der Waals surface area contributed by atoms with Gasteiger partial charge >= 0.3 is 0 Å². The molecule has 1 aliphatic rings. The summed E-state index contributed by atoms with van der Waals surface area (Å²) in [5, 5.41) is 13.4. The first kappa shape index (κ1) is 21.1. The van der Waals surface area contributed by atoms with Crippen LogP contribution in [0.25, 0.3) is 16.4 Å². The molecule has 1 saturated heterocycles. The van der Waals surface area contributed by atoms with Crippen LogP contribution in [0.5, 0.6) is 5.75 Å². The highest BCUT2D eigenvalue weighted by Crippen LogP contribution is 2.27. The average Bonchev–Trinajstić information content (AvgIpc) is 3.55. The summed E-state index contributed by atoms with van der Waals surface area (Å²) in [6, 6.07) is 11.4. The summed E-state index contributed by atoms with van der Waals surface area (Å²) in [5.41, 5.74) is 3.62. The highest BCUT2D eigenvalue weighted by Gasteiger charge is 2.18. The zero-order valence-corrected chi connectivity index (χ0v) is 18.9. The van der Waals surface area contributed by atoms with E-state index >= 15 is 0 Å². The lowest BCUT2D eigenvalue weighted by molar-refractivity contribution is 0.102. The van der Waals surface area contributed by atoms with Gasteiger partial charge in [-0.2, -0.15) is 5.10 Å². The Morgan fingerprint density at radius 3 is 2.76 bits per heavy atom. The van der Waals surface area contributed by atoms with Crippen molar-refractivity contribution in [3.63, 3.8) is 0 Å². The number of amides is 1. The second-order valence-corrected chi connectivity index (χ2v) is 8.32. The summed E-state index contributed by atoms with van der Waals surface area (Å²) in [5.74, 6) is 0.520. The van der Waals surface area contributed by atoms with E-state index in [1.54, 1.807) is 29.6 Å². The third-order valence-electron chi connectivity index (χ3n) is 5.39. The summed E-state index contributed by atoms with van der Waals surface area (Å²) in [7, 11) is 1.64. The monoisotopic (exact) mass is 461 g/mol. The minimum absolute atomic E-state index is 0.267. The molecule has 168 valence electrons. The number of pyridine rings is 1. The molecule has 1 aliphatic heterocycles. The molecule has 0 saturated carbocycles. The molecular weight excluding hydrogens is 438 g/mol. The molecule has 1 amide bonds. The van der Waals surface area contributed by atoms with Gasteiger partial charge in [-0.1, -0.05) is 0 Å². The number of benzene rings is 1. The number of thiazole rings is 1. The van der Waals surface area contributed by atoms with E-state index in [1.165, 1.54) is 11.3 Å². The summed E-state index contributed by atoms with van der Waals surface area (Å²) in [4.78, 5) is 23.9. The van der Waals surface area contributed by atoms with Crippen molar-refractivity contribution in [2.75, 3.05) is 43.5 Å². The number of nitrogens with zero attached hydrogens (tertiary/aromatic N) is 5. The van der Waals surface area contributed by atoms with Gasteiger partial charge in [-0.3, -0.25) is 9.78 Å².